The molecular formula is C13H10BrF3N2O2. The zero-order chi connectivity index (χ0) is 15.6. The third-order valence-corrected chi connectivity index (χ3v) is 3.43. The van der Waals surface area contributed by atoms with E-state index >= 15 is 0 Å². The monoisotopic (exact) mass is 362 g/mol. The number of aromatic nitrogens is 2. The number of benzene rings is 1. The number of nitrogens with zero attached hydrogens (tertiary/aromatic N) is 1. The molecule has 1 aromatic carbocycles. The minimum Gasteiger partial charge on any atom is -0.406 e. The first-order chi connectivity index (χ1) is 9.80. The van der Waals surface area contributed by atoms with E-state index in [2.05, 4.69) is 30.6 Å². The number of hydrogen-bond donors (Lipinski definition) is 1. The van der Waals surface area contributed by atoms with Crippen molar-refractivity contribution < 1.29 is 17.9 Å². The van der Waals surface area contributed by atoms with E-state index in [1.807, 2.05) is 6.92 Å². The van der Waals surface area contributed by atoms with Gasteiger partial charge in [-0.25, -0.2) is 4.98 Å². The minimum atomic E-state index is -4.77. The summed E-state index contributed by atoms with van der Waals surface area (Å²) in [5, 5.41) is 0. The van der Waals surface area contributed by atoms with Gasteiger partial charge in [-0.3, -0.25) is 4.79 Å². The van der Waals surface area contributed by atoms with Crippen molar-refractivity contribution in [1.29, 1.82) is 0 Å². The Labute approximate surface area is 126 Å². The fraction of sp³-hybridized carbons (Fsp3) is 0.231. The van der Waals surface area contributed by atoms with Crippen LogP contribution in [0.4, 0.5) is 13.2 Å². The summed E-state index contributed by atoms with van der Waals surface area (Å²) in [5.41, 5.74) is 0.464. The average molecular weight is 363 g/mol. The van der Waals surface area contributed by atoms with Crippen LogP contribution in [0.1, 0.15) is 12.6 Å². The minimum absolute atomic E-state index is 0.188. The van der Waals surface area contributed by atoms with E-state index in [1.165, 1.54) is 24.3 Å². The van der Waals surface area contributed by atoms with Crippen LogP contribution in [0.15, 0.2) is 33.5 Å². The topological polar surface area (TPSA) is 55.0 Å². The van der Waals surface area contributed by atoms with Crippen molar-refractivity contribution in [1.82, 2.24) is 9.97 Å². The highest BCUT2D eigenvalue weighted by molar-refractivity contribution is 9.10. The molecule has 0 aliphatic rings. The first-order valence-electron chi connectivity index (χ1n) is 5.95. The Bertz CT molecular complexity index is 713. The zero-order valence-corrected chi connectivity index (χ0v) is 12.4. The van der Waals surface area contributed by atoms with E-state index in [9.17, 15) is 18.0 Å². The van der Waals surface area contributed by atoms with Gasteiger partial charge in [-0.2, -0.15) is 0 Å². The Kier molecular flexibility index (Phi) is 4.36. The Hall–Kier alpha value is -1.83. The van der Waals surface area contributed by atoms with Crippen LogP contribution < -0.4 is 10.3 Å². The van der Waals surface area contributed by atoms with Gasteiger partial charge < -0.3 is 9.72 Å². The van der Waals surface area contributed by atoms with E-state index in [1.54, 1.807) is 0 Å². The molecular weight excluding hydrogens is 353 g/mol. The first kappa shape index (κ1) is 15.6. The molecule has 0 amide bonds. The molecule has 0 unspecified atom stereocenters. The molecule has 1 aromatic heterocycles. The van der Waals surface area contributed by atoms with Gasteiger partial charge in [0.25, 0.3) is 5.56 Å². The molecule has 4 nitrogen and oxygen atoms in total. The van der Waals surface area contributed by atoms with Gasteiger partial charge in [-0.15, -0.1) is 13.2 Å². The summed E-state index contributed by atoms with van der Waals surface area (Å²) in [6.45, 7) is 1.82. The number of alkyl halides is 3. The lowest BCUT2D eigenvalue weighted by Crippen LogP contribution is -2.17. The van der Waals surface area contributed by atoms with Crippen LogP contribution in [0.3, 0.4) is 0 Å². The predicted molar refractivity (Wildman–Crippen MR) is 74.1 cm³/mol. The quantitative estimate of drug-likeness (QED) is 0.906. The lowest BCUT2D eigenvalue weighted by molar-refractivity contribution is -0.274. The van der Waals surface area contributed by atoms with Gasteiger partial charge in [-0.05, 0) is 34.5 Å². The summed E-state index contributed by atoms with van der Waals surface area (Å²) in [7, 11) is 0. The summed E-state index contributed by atoms with van der Waals surface area (Å²) in [5.74, 6) is -0.184. The van der Waals surface area contributed by atoms with Gasteiger partial charge >= 0.3 is 6.36 Å². The van der Waals surface area contributed by atoms with Gasteiger partial charge in [-0.1, -0.05) is 19.1 Å². The number of aryl methyl sites for hydroxylation is 1. The molecule has 0 aliphatic carbocycles. The molecule has 1 heterocycles. The lowest BCUT2D eigenvalue weighted by atomic mass is 10.2. The Balaban J connectivity index is 2.45. The largest absolute Gasteiger partial charge is 0.573 e. The van der Waals surface area contributed by atoms with Crippen molar-refractivity contribution >= 4 is 15.9 Å². The molecule has 1 N–H and O–H groups in total. The third kappa shape index (κ3) is 3.84. The number of aromatic amines is 1. The summed E-state index contributed by atoms with van der Waals surface area (Å²) in [4.78, 5) is 18.5. The molecule has 2 aromatic rings. The molecule has 2 rings (SSSR count). The van der Waals surface area contributed by atoms with Crippen molar-refractivity contribution in [2.24, 2.45) is 0 Å². The zero-order valence-electron chi connectivity index (χ0n) is 10.8. The molecule has 0 saturated heterocycles. The van der Waals surface area contributed by atoms with Gasteiger partial charge in [0.15, 0.2) is 0 Å². The molecule has 0 spiro atoms. The van der Waals surface area contributed by atoms with Crippen LogP contribution in [-0.4, -0.2) is 16.3 Å². The smallest absolute Gasteiger partial charge is 0.406 e. The van der Waals surface area contributed by atoms with Gasteiger partial charge in [0.2, 0.25) is 0 Å². The van der Waals surface area contributed by atoms with E-state index in [-0.39, 0.29) is 17.1 Å². The lowest BCUT2D eigenvalue weighted by Gasteiger charge is -2.10. The molecule has 0 bridgehead atoms. The van der Waals surface area contributed by atoms with Crippen LogP contribution in [-0.2, 0) is 6.42 Å². The Morgan fingerprint density at radius 1 is 1.38 bits per heavy atom. The summed E-state index contributed by atoms with van der Waals surface area (Å²) in [6.07, 6.45) is -4.26. The highest BCUT2D eigenvalue weighted by Gasteiger charge is 2.31. The molecule has 8 heteroatoms. The van der Waals surface area contributed by atoms with E-state index in [0.717, 1.165) is 0 Å². The van der Waals surface area contributed by atoms with E-state index in [4.69, 9.17) is 0 Å². The highest BCUT2D eigenvalue weighted by Crippen LogP contribution is 2.26. The molecule has 0 fully saturated rings. The van der Waals surface area contributed by atoms with Crippen molar-refractivity contribution in [2.75, 3.05) is 0 Å². The maximum absolute atomic E-state index is 12.2. The van der Waals surface area contributed by atoms with Crippen LogP contribution in [0.5, 0.6) is 5.75 Å². The van der Waals surface area contributed by atoms with Crippen LogP contribution in [0, 0.1) is 0 Å². The third-order valence-electron chi connectivity index (χ3n) is 2.61. The summed E-state index contributed by atoms with van der Waals surface area (Å²) in [6, 6.07) is 5.27. The number of hydrogen-bond acceptors (Lipinski definition) is 3. The normalized spacial score (nSPS) is 11.5. The highest BCUT2D eigenvalue weighted by atomic mass is 79.9. The fourth-order valence-electron chi connectivity index (χ4n) is 1.72. The number of halogens is 4. The van der Waals surface area contributed by atoms with Gasteiger partial charge in [0.05, 0.1) is 5.69 Å². The number of ether oxygens (including phenoxy) is 1. The second-order valence-corrected chi connectivity index (χ2v) is 4.90. The van der Waals surface area contributed by atoms with Crippen molar-refractivity contribution in [2.45, 2.75) is 19.7 Å². The van der Waals surface area contributed by atoms with Crippen LogP contribution >= 0.6 is 15.9 Å². The fourth-order valence-corrected chi connectivity index (χ4v) is 2.19. The molecule has 0 radical (unpaired) electrons. The van der Waals surface area contributed by atoms with E-state index in [0.29, 0.717) is 22.2 Å². The van der Waals surface area contributed by atoms with Crippen molar-refractivity contribution in [3.63, 3.8) is 0 Å². The molecule has 0 saturated carbocycles. The standard InChI is InChI=1S/C13H10BrF3N2O2/c1-2-9-10(14)12(20)19-11(18-9)7-4-3-5-8(6-7)21-13(15,16)17/h3-6H,2H2,1H3,(H,18,19,20). The van der Waals surface area contributed by atoms with Gasteiger partial charge in [0, 0.05) is 5.56 Å². The first-order valence-corrected chi connectivity index (χ1v) is 6.74. The number of nitrogens with one attached hydrogen (secondary N) is 1. The number of rotatable bonds is 3. The SMILES string of the molecule is CCc1nc(-c2cccc(OC(F)(F)F)c2)[nH]c(=O)c1Br. The maximum Gasteiger partial charge on any atom is 0.573 e. The number of H-pyrrole nitrogens is 1. The molecule has 112 valence electrons. The maximum atomic E-state index is 12.2. The molecule has 0 aliphatic heterocycles. The average Bonchev–Trinajstić information content (AvgIpc) is 2.40. The molecule has 21 heavy (non-hydrogen) atoms. The van der Waals surface area contributed by atoms with Crippen molar-refractivity contribution in [3.8, 4) is 17.1 Å². The van der Waals surface area contributed by atoms with E-state index < -0.39 is 6.36 Å². The predicted octanol–water partition coefficient (Wildman–Crippen LogP) is 3.66. The van der Waals surface area contributed by atoms with Crippen LogP contribution in [0.25, 0.3) is 11.4 Å². The Morgan fingerprint density at radius 2 is 2.10 bits per heavy atom. The van der Waals surface area contributed by atoms with Crippen molar-refractivity contribution in [3.05, 3.63) is 44.8 Å². The summed E-state index contributed by atoms with van der Waals surface area (Å²) >= 11 is 3.12. The van der Waals surface area contributed by atoms with Crippen LogP contribution in [0.2, 0.25) is 0 Å². The second-order valence-electron chi connectivity index (χ2n) is 4.10. The summed E-state index contributed by atoms with van der Waals surface area (Å²) < 4.78 is 40.8. The second kappa shape index (κ2) is 5.88. The Morgan fingerprint density at radius 3 is 2.71 bits per heavy atom. The van der Waals surface area contributed by atoms with Gasteiger partial charge in [0.1, 0.15) is 16.0 Å². The molecule has 0 atom stereocenters.